The molecule has 2 N–H and O–H groups in total. The summed E-state index contributed by atoms with van der Waals surface area (Å²) in [5, 5.41) is 6.77. The van der Waals surface area contributed by atoms with E-state index >= 15 is 0 Å². The van der Waals surface area contributed by atoms with Gasteiger partial charge in [0.15, 0.2) is 11.5 Å². The summed E-state index contributed by atoms with van der Waals surface area (Å²) in [4.78, 5) is 0. The number of hydrogen-bond donors (Lipinski definition) is 2. The molecule has 112 valence electrons. The molecule has 0 amide bonds. The second-order valence-electron chi connectivity index (χ2n) is 4.64. The number of hydrogen-bond acceptors (Lipinski definition) is 4. The average molecular weight is 286 g/mol. The highest BCUT2D eigenvalue weighted by Crippen LogP contribution is 2.29. The molecule has 0 saturated heterocycles. The van der Waals surface area contributed by atoms with Gasteiger partial charge >= 0.3 is 0 Å². The molecule has 21 heavy (non-hydrogen) atoms. The van der Waals surface area contributed by atoms with Gasteiger partial charge in [-0.25, -0.2) is 0 Å². The highest BCUT2D eigenvalue weighted by Gasteiger charge is 2.03. The van der Waals surface area contributed by atoms with E-state index in [4.69, 9.17) is 9.47 Å². The summed E-state index contributed by atoms with van der Waals surface area (Å²) in [6, 6.07) is 16.1. The minimum Gasteiger partial charge on any atom is -0.493 e. The molecule has 2 aromatic rings. The fourth-order valence-corrected chi connectivity index (χ4v) is 2.06. The van der Waals surface area contributed by atoms with E-state index in [1.807, 2.05) is 36.4 Å². The Bertz CT molecular complexity index is 544. The lowest BCUT2D eigenvalue weighted by Gasteiger charge is -2.11. The first-order valence-electron chi connectivity index (χ1n) is 7.08. The molecule has 4 nitrogen and oxygen atoms in total. The topological polar surface area (TPSA) is 42.5 Å². The van der Waals surface area contributed by atoms with Crippen LogP contribution in [0.2, 0.25) is 0 Å². The van der Waals surface area contributed by atoms with Crippen LogP contribution in [0.4, 0.5) is 11.4 Å². The Morgan fingerprint density at radius 2 is 1.43 bits per heavy atom. The molecule has 0 aliphatic heterocycles. The third-order valence-corrected chi connectivity index (χ3v) is 3.17. The molecule has 0 unspecified atom stereocenters. The molecule has 4 heteroatoms. The summed E-state index contributed by atoms with van der Waals surface area (Å²) in [6.07, 6.45) is 1.03. The number of methoxy groups -OCH3 is 2. The van der Waals surface area contributed by atoms with E-state index in [2.05, 4.69) is 22.8 Å². The zero-order valence-corrected chi connectivity index (χ0v) is 12.6. The van der Waals surface area contributed by atoms with Crippen LogP contribution in [0, 0.1) is 0 Å². The molecule has 0 heterocycles. The first kappa shape index (κ1) is 15.0. The van der Waals surface area contributed by atoms with Crippen LogP contribution >= 0.6 is 0 Å². The van der Waals surface area contributed by atoms with Gasteiger partial charge in [0.2, 0.25) is 0 Å². The molecule has 0 atom stereocenters. The summed E-state index contributed by atoms with van der Waals surface area (Å²) in [6.45, 7) is 1.83. The Labute approximate surface area is 126 Å². The van der Waals surface area contributed by atoms with Crippen molar-refractivity contribution < 1.29 is 9.47 Å². The van der Waals surface area contributed by atoms with Crippen molar-refractivity contribution in [1.29, 1.82) is 0 Å². The van der Waals surface area contributed by atoms with E-state index in [0.29, 0.717) is 0 Å². The minimum absolute atomic E-state index is 0.741. The van der Waals surface area contributed by atoms with Gasteiger partial charge in [-0.05, 0) is 30.7 Å². The predicted octanol–water partition coefficient (Wildman–Crippen LogP) is 3.62. The van der Waals surface area contributed by atoms with Crippen LogP contribution in [-0.2, 0) is 0 Å². The van der Waals surface area contributed by atoms with Crippen LogP contribution < -0.4 is 20.1 Å². The Morgan fingerprint density at radius 1 is 0.762 bits per heavy atom. The minimum atomic E-state index is 0.741. The zero-order valence-electron chi connectivity index (χ0n) is 12.6. The lowest BCUT2D eigenvalue weighted by molar-refractivity contribution is 0.355. The number of anilines is 2. The van der Waals surface area contributed by atoms with E-state index < -0.39 is 0 Å². The summed E-state index contributed by atoms with van der Waals surface area (Å²) >= 11 is 0. The average Bonchev–Trinajstić information content (AvgIpc) is 2.55. The van der Waals surface area contributed by atoms with Gasteiger partial charge in [0.05, 0.1) is 14.2 Å². The molecule has 0 aliphatic rings. The molecule has 0 aliphatic carbocycles. The third kappa shape index (κ3) is 4.60. The molecule has 0 bridgehead atoms. The van der Waals surface area contributed by atoms with Crippen LogP contribution in [0.15, 0.2) is 48.5 Å². The third-order valence-electron chi connectivity index (χ3n) is 3.17. The van der Waals surface area contributed by atoms with Crippen molar-refractivity contribution in [1.82, 2.24) is 0 Å². The van der Waals surface area contributed by atoms with Gasteiger partial charge in [-0.15, -0.1) is 0 Å². The van der Waals surface area contributed by atoms with Crippen LogP contribution in [0.5, 0.6) is 11.5 Å². The van der Waals surface area contributed by atoms with Gasteiger partial charge in [-0.2, -0.15) is 0 Å². The molecular weight excluding hydrogens is 264 g/mol. The summed E-state index contributed by atoms with van der Waals surface area (Å²) in [7, 11) is 3.28. The highest BCUT2D eigenvalue weighted by atomic mass is 16.5. The quantitative estimate of drug-likeness (QED) is 0.727. The van der Waals surface area contributed by atoms with E-state index in [-0.39, 0.29) is 0 Å². The van der Waals surface area contributed by atoms with Crippen molar-refractivity contribution in [2.24, 2.45) is 0 Å². The lowest BCUT2D eigenvalue weighted by atomic mass is 10.2. The van der Waals surface area contributed by atoms with Gasteiger partial charge in [0.1, 0.15) is 0 Å². The maximum atomic E-state index is 5.28. The lowest BCUT2D eigenvalue weighted by Crippen LogP contribution is -2.09. The largest absolute Gasteiger partial charge is 0.493 e. The molecule has 0 spiro atoms. The fraction of sp³-hybridized carbons (Fsp3) is 0.294. The summed E-state index contributed by atoms with van der Waals surface area (Å²) in [5.41, 5.74) is 2.19. The van der Waals surface area contributed by atoms with Gasteiger partial charge in [0, 0.05) is 30.5 Å². The monoisotopic (exact) mass is 286 g/mol. The zero-order chi connectivity index (χ0) is 14.9. The Balaban J connectivity index is 1.73. The smallest absolute Gasteiger partial charge is 0.162 e. The van der Waals surface area contributed by atoms with E-state index in [0.717, 1.165) is 42.4 Å². The van der Waals surface area contributed by atoms with E-state index in [9.17, 15) is 0 Å². The maximum Gasteiger partial charge on any atom is 0.162 e. The second kappa shape index (κ2) is 8.04. The maximum absolute atomic E-state index is 5.28. The molecule has 2 rings (SSSR count). The number of benzene rings is 2. The van der Waals surface area contributed by atoms with Crippen molar-refractivity contribution in [2.45, 2.75) is 6.42 Å². The van der Waals surface area contributed by atoms with Crippen molar-refractivity contribution in [3.8, 4) is 11.5 Å². The van der Waals surface area contributed by atoms with Gasteiger partial charge < -0.3 is 20.1 Å². The number of nitrogens with one attached hydrogen (secondary N) is 2. The Hall–Kier alpha value is -2.36. The molecule has 0 radical (unpaired) electrons. The number of para-hydroxylation sites is 1. The standard InChI is InChI=1S/C17H22N2O2/c1-20-16-10-9-15(13-17(16)21-2)19-12-6-11-18-14-7-4-3-5-8-14/h3-5,7-10,13,18-19H,6,11-12H2,1-2H3. The first-order chi connectivity index (χ1) is 10.3. The molecule has 2 aromatic carbocycles. The van der Waals surface area contributed by atoms with E-state index in [1.54, 1.807) is 14.2 Å². The molecule has 0 aromatic heterocycles. The van der Waals surface area contributed by atoms with Crippen LogP contribution in [0.3, 0.4) is 0 Å². The van der Waals surface area contributed by atoms with Crippen LogP contribution in [0.1, 0.15) is 6.42 Å². The van der Waals surface area contributed by atoms with Crippen LogP contribution in [0.25, 0.3) is 0 Å². The van der Waals surface area contributed by atoms with Crippen molar-refractivity contribution in [3.05, 3.63) is 48.5 Å². The van der Waals surface area contributed by atoms with Crippen molar-refractivity contribution in [2.75, 3.05) is 37.9 Å². The summed E-state index contributed by atoms with van der Waals surface area (Å²) in [5.74, 6) is 1.48. The van der Waals surface area contributed by atoms with Crippen molar-refractivity contribution >= 4 is 11.4 Å². The van der Waals surface area contributed by atoms with Crippen LogP contribution in [-0.4, -0.2) is 27.3 Å². The normalized spacial score (nSPS) is 10.0. The fourth-order valence-electron chi connectivity index (χ4n) is 2.06. The molecule has 0 fully saturated rings. The van der Waals surface area contributed by atoms with E-state index in [1.165, 1.54) is 0 Å². The Kier molecular flexibility index (Phi) is 5.76. The molecule has 0 saturated carbocycles. The number of rotatable bonds is 8. The Morgan fingerprint density at radius 3 is 2.10 bits per heavy atom. The first-order valence-corrected chi connectivity index (χ1v) is 7.08. The van der Waals surface area contributed by atoms with Gasteiger partial charge in [-0.1, -0.05) is 18.2 Å². The second-order valence-corrected chi connectivity index (χ2v) is 4.64. The SMILES string of the molecule is COc1ccc(NCCCNc2ccccc2)cc1OC. The van der Waals surface area contributed by atoms with Gasteiger partial charge in [0.25, 0.3) is 0 Å². The van der Waals surface area contributed by atoms with Gasteiger partial charge in [-0.3, -0.25) is 0 Å². The molecular formula is C17H22N2O2. The number of ether oxygens (including phenoxy) is 2. The van der Waals surface area contributed by atoms with Crippen molar-refractivity contribution in [3.63, 3.8) is 0 Å². The highest BCUT2D eigenvalue weighted by molar-refractivity contribution is 5.54. The predicted molar refractivity (Wildman–Crippen MR) is 87.6 cm³/mol. The summed E-state index contributed by atoms with van der Waals surface area (Å²) < 4.78 is 10.5.